The van der Waals surface area contributed by atoms with E-state index >= 15 is 0 Å². The van der Waals surface area contributed by atoms with E-state index < -0.39 is 0 Å². The molecule has 0 aromatic carbocycles. The number of carbonyl (C=O) groups is 1. The van der Waals surface area contributed by atoms with E-state index in [1.807, 2.05) is 21.0 Å². The van der Waals surface area contributed by atoms with Gasteiger partial charge in [-0.1, -0.05) is 0 Å². The van der Waals surface area contributed by atoms with Crippen molar-refractivity contribution in [2.45, 2.75) is 6.92 Å². The van der Waals surface area contributed by atoms with Gasteiger partial charge in [-0.3, -0.25) is 4.79 Å². The van der Waals surface area contributed by atoms with Gasteiger partial charge in [0.25, 0.3) is 5.91 Å². The molecule has 0 unspecified atom stereocenters. The van der Waals surface area contributed by atoms with E-state index in [2.05, 4.69) is 20.5 Å². The minimum Gasteiger partial charge on any atom is -0.378 e. The van der Waals surface area contributed by atoms with Gasteiger partial charge in [-0.05, 0) is 33.2 Å². The van der Waals surface area contributed by atoms with Gasteiger partial charge in [0.2, 0.25) is 0 Å². The zero-order valence-corrected chi connectivity index (χ0v) is 12.5. The van der Waals surface area contributed by atoms with Crippen LogP contribution >= 0.6 is 0 Å². The average molecular weight is 280 g/mol. The van der Waals surface area contributed by atoms with Gasteiger partial charge >= 0.3 is 0 Å². The number of hydrogen-bond acceptors (Lipinski definition) is 5. The lowest BCUT2D eigenvalue weighted by Gasteiger charge is -2.10. The smallest absolute Gasteiger partial charge is 0.251 e. The molecule has 0 fully saturated rings. The summed E-state index contributed by atoms with van der Waals surface area (Å²) in [6.07, 6.45) is 1.63. The Balaban J connectivity index is 2.27. The number of pyridine rings is 1. The van der Waals surface area contributed by atoms with Crippen LogP contribution in [0.3, 0.4) is 0 Å². The third-order valence-electron chi connectivity index (χ3n) is 2.59. The maximum atomic E-state index is 11.9. The predicted octanol–water partition coefficient (Wildman–Crippen LogP) is 0.821. The summed E-state index contributed by atoms with van der Waals surface area (Å²) in [5.74, 6) is 0.602. The van der Waals surface area contributed by atoms with Crippen LogP contribution in [0.25, 0.3) is 0 Å². The molecule has 0 saturated carbocycles. The number of amides is 1. The molecule has 20 heavy (non-hydrogen) atoms. The second kappa shape index (κ2) is 9.28. The van der Waals surface area contributed by atoms with E-state index in [1.54, 1.807) is 18.3 Å². The Morgan fingerprint density at radius 1 is 1.40 bits per heavy atom. The molecular formula is C14H24N4O2. The Morgan fingerprint density at radius 2 is 2.20 bits per heavy atom. The predicted molar refractivity (Wildman–Crippen MR) is 80.1 cm³/mol. The van der Waals surface area contributed by atoms with Gasteiger partial charge in [0.15, 0.2) is 0 Å². The molecule has 0 aliphatic rings. The number of likely N-dealkylation sites (N-methyl/N-ethyl adjacent to an activating group) is 1. The van der Waals surface area contributed by atoms with Crippen molar-refractivity contribution in [1.29, 1.82) is 0 Å². The first kappa shape index (κ1) is 16.4. The quantitative estimate of drug-likeness (QED) is 0.656. The van der Waals surface area contributed by atoms with Gasteiger partial charge in [0, 0.05) is 31.4 Å². The van der Waals surface area contributed by atoms with E-state index in [1.165, 1.54) is 0 Å². The summed E-state index contributed by atoms with van der Waals surface area (Å²) in [4.78, 5) is 18.1. The lowest BCUT2D eigenvalue weighted by Crippen LogP contribution is -2.28. The van der Waals surface area contributed by atoms with Crippen molar-refractivity contribution in [3.63, 3.8) is 0 Å². The number of ether oxygens (including phenoxy) is 1. The van der Waals surface area contributed by atoms with Gasteiger partial charge in [-0.2, -0.15) is 0 Å². The Labute approximate surface area is 120 Å². The topological polar surface area (TPSA) is 66.5 Å². The Morgan fingerprint density at radius 3 is 2.90 bits per heavy atom. The molecule has 6 nitrogen and oxygen atoms in total. The maximum Gasteiger partial charge on any atom is 0.251 e. The number of rotatable bonds is 9. The van der Waals surface area contributed by atoms with Crippen LogP contribution in [0.2, 0.25) is 0 Å². The van der Waals surface area contributed by atoms with Crippen LogP contribution in [0.1, 0.15) is 17.3 Å². The molecule has 6 heteroatoms. The fourth-order valence-electron chi connectivity index (χ4n) is 1.54. The van der Waals surface area contributed by atoms with Crippen molar-refractivity contribution in [3.05, 3.63) is 23.9 Å². The van der Waals surface area contributed by atoms with Gasteiger partial charge in [-0.25, -0.2) is 4.98 Å². The molecule has 2 N–H and O–H groups in total. The van der Waals surface area contributed by atoms with Crippen LogP contribution in [0.15, 0.2) is 18.3 Å². The summed E-state index contributed by atoms with van der Waals surface area (Å²) in [6, 6.07) is 3.44. The van der Waals surface area contributed by atoms with Crippen LogP contribution in [0.4, 0.5) is 5.82 Å². The third kappa shape index (κ3) is 6.49. The van der Waals surface area contributed by atoms with Gasteiger partial charge in [0.1, 0.15) is 5.82 Å². The molecule has 1 aromatic heterocycles. The van der Waals surface area contributed by atoms with Crippen molar-refractivity contribution in [1.82, 2.24) is 15.2 Å². The highest BCUT2D eigenvalue weighted by atomic mass is 16.5. The van der Waals surface area contributed by atoms with Crippen molar-refractivity contribution in [2.24, 2.45) is 0 Å². The molecule has 0 aliphatic heterocycles. The third-order valence-corrected chi connectivity index (χ3v) is 2.59. The standard InChI is InChI=1S/C14H24N4O2/c1-4-15-13-11-12(5-6-16-13)14(19)17-7-9-20-10-8-18(2)3/h5-6,11H,4,7-10H2,1-3H3,(H,15,16)(H,17,19). The van der Waals surface area contributed by atoms with Crippen LogP contribution in [0.5, 0.6) is 0 Å². The van der Waals surface area contributed by atoms with Crippen molar-refractivity contribution < 1.29 is 9.53 Å². The molecule has 0 radical (unpaired) electrons. The van der Waals surface area contributed by atoms with Gasteiger partial charge < -0.3 is 20.3 Å². The van der Waals surface area contributed by atoms with Crippen molar-refractivity contribution in [3.8, 4) is 0 Å². The monoisotopic (exact) mass is 280 g/mol. The molecule has 112 valence electrons. The minimum absolute atomic E-state index is 0.109. The molecule has 1 heterocycles. The first-order valence-electron chi connectivity index (χ1n) is 6.84. The molecular weight excluding hydrogens is 256 g/mol. The summed E-state index contributed by atoms with van der Waals surface area (Å²) >= 11 is 0. The van der Waals surface area contributed by atoms with Crippen LogP contribution in [0, 0.1) is 0 Å². The summed E-state index contributed by atoms with van der Waals surface area (Å²) < 4.78 is 5.41. The lowest BCUT2D eigenvalue weighted by molar-refractivity contribution is 0.0900. The minimum atomic E-state index is -0.109. The highest BCUT2D eigenvalue weighted by Crippen LogP contribution is 2.06. The molecule has 0 aliphatic carbocycles. The second-order valence-electron chi connectivity index (χ2n) is 4.63. The maximum absolute atomic E-state index is 11.9. The van der Waals surface area contributed by atoms with Gasteiger partial charge in [0.05, 0.1) is 13.2 Å². The zero-order chi connectivity index (χ0) is 14.8. The lowest BCUT2D eigenvalue weighted by atomic mass is 10.2. The Bertz CT molecular complexity index is 410. The molecule has 0 spiro atoms. The number of hydrogen-bond donors (Lipinski definition) is 2. The van der Waals surface area contributed by atoms with Crippen LogP contribution in [-0.2, 0) is 4.74 Å². The summed E-state index contributed by atoms with van der Waals surface area (Å²) in [5.41, 5.74) is 0.601. The first-order valence-corrected chi connectivity index (χ1v) is 6.84. The van der Waals surface area contributed by atoms with Crippen molar-refractivity contribution >= 4 is 11.7 Å². The summed E-state index contributed by atoms with van der Waals surface area (Å²) in [5, 5.41) is 5.90. The highest BCUT2D eigenvalue weighted by molar-refractivity contribution is 5.94. The SMILES string of the molecule is CCNc1cc(C(=O)NCCOCCN(C)C)ccn1. The number of aromatic nitrogens is 1. The molecule has 0 saturated heterocycles. The normalized spacial score (nSPS) is 10.6. The Hall–Kier alpha value is -1.66. The van der Waals surface area contributed by atoms with E-state index in [9.17, 15) is 4.79 Å². The van der Waals surface area contributed by atoms with Crippen molar-refractivity contribution in [2.75, 3.05) is 52.3 Å². The molecule has 0 bridgehead atoms. The second-order valence-corrected chi connectivity index (χ2v) is 4.63. The summed E-state index contributed by atoms with van der Waals surface area (Å²) in [7, 11) is 3.99. The first-order chi connectivity index (χ1) is 9.63. The number of nitrogens with zero attached hydrogens (tertiary/aromatic N) is 2. The summed E-state index contributed by atoms with van der Waals surface area (Å²) in [6.45, 7) is 5.33. The van der Waals surface area contributed by atoms with E-state index in [-0.39, 0.29) is 5.91 Å². The van der Waals surface area contributed by atoms with E-state index in [4.69, 9.17) is 4.74 Å². The van der Waals surface area contributed by atoms with E-state index in [0.717, 1.165) is 13.1 Å². The molecule has 1 rings (SSSR count). The molecule has 0 atom stereocenters. The number of anilines is 1. The van der Waals surface area contributed by atoms with Gasteiger partial charge in [-0.15, -0.1) is 0 Å². The fraction of sp³-hybridized carbons (Fsp3) is 0.571. The fourth-order valence-corrected chi connectivity index (χ4v) is 1.54. The van der Waals surface area contributed by atoms with E-state index in [0.29, 0.717) is 31.1 Å². The van der Waals surface area contributed by atoms with Crippen LogP contribution in [-0.4, -0.2) is 62.7 Å². The highest BCUT2D eigenvalue weighted by Gasteiger charge is 2.05. The zero-order valence-electron chi connectivity index (χ0n) is 12.5. The van der Waals surface area contributed by atoms with Crippen LogP contribution < -0.4 is 10.6 Å². The number of carbonyl (C=O) groups excluding carboxylic acids is 1. The molecule has 1 amide bonds. The number of nitrogens with one attached hydrogen (secondary N) is 2. The largest absolute Gasteiger partial charge is 0.378 e. The Kier molecular flexibility index (Phi) is 7.60. The molecule has 1 aromatic rings. The average Bonchev–Trinajstić information content (AvgIpc) is 2.43.